The van der Waals surface area contributed by atoms with Gasteiger partial charge in [-0.15, -0.1) is 0 Å². The Balaban J connectivity index is 4.03. The molecule has 15 heavy (non-hydrogen) atoms. The Labute approximate surface area is 92.2 Å². The molecule has 0 rings (SSSR count). The largest absolute Gasteiger partial charge is 0.478 e. The maximum Gasteiger partial charge on any atom is 0.332 e. The molecule has 0 saturated carbocycles. The Bertz CT molecular complexity index is 215. The first-order valence-corrected chi connectivity index (χ1v) is 5.25. The Morgan fingerprint density at radius 3 is 2.27 bits per heavy atom. The normalized spacial score (nSPS) is 11.0. The zero-order valence-corrected chi connectivity index (χ0v) is 9.99. The summed E-state index contributed by atoms with van der Waals surface area (Å²) in [7, 11) is 4.02. The molecule has 0 aliphatic rings. The van der Waals surface area contributed by atoms with Gasteiger partial charge < -0.3 is 10.0 Å². The lowest BCUT2D eigenvalue weighted by atomic mass is 10.2. The molecule has 0 fully saturated rings. The molecule has 0 aromatic carbocycles. The average Bonchev–Trinajstić information content (AvgIpc) is 2.14. The van der Waals surface area contributed by atoms with Crippen LogP contribution in [0.1, 0.15) is 13.3 Å². The molecule has 0 bridgehead atoms. The standard InChI is InChI=1S/C11H22N2O2/c1-5-6-13(8-7-12(3)4)9-10(2)11(14)15/h2,5-9H2,1,3-4H3,(H,14,15). The predicted molar refractivity (Wildman–Crippen MR) is 62.1 cm³/mol. The Hall–Kier alpha value is -0.870. The van der Waals surface area contributed by atoms with Crippen molar-refractivity contribution in [3.05, 3.63) is 12.2 Å². The van der Waals surface area contributed by atoms with Crippen LogP contribution in [0.4, 0.5) is 0 Å². The lowest BCUT2D eigenvalue weighted by Crippen LogP contribution is -2.34. The van der Waals surface area contributed by atoms with Crippen molar-refractivity contribution in [2.24, 2.45) is 0 Å². The molecule has 88 valence electrons. The molecule has 0 atom stereocenters. The van der Waals surface area contributed by atoms with Crippen LogP contribution in [0.5, 0.6) is 0 Å². The summed E-state index contributed by atoms with van der Waals surface area (Å²) < 4.78 is 0. The monoisotopic (exact) mass is 214 g/mol. The molecule has 0 aromatic rings. The van der Waals surface area contributed by atoms with Crippen LogP contribution in [0.25, 0.3) is 0 Å². The lowest BCUT2D eigenvalue weighted by Gasteiger charge is -2.23. The molecule has 0 aliphatic carbocycles. The van der Waals surface area contributed by atoms with E-state index in [9.17, 15) is 4.79 Å². The number of likely N-dealkylation sites (N-methyl/N-ethyl adjacent to an activating group) is 1. The Morgan fingerprint density at radius 1 is 1.27 bits per heavy atom. The van der Waals surface area contributed by atoms with E-state index in [4.69, 9.17) is 5.11 Å². The van der Waals surface area contributed by atoms with Gasteiger partial charge in [0.15, 0.2) is 0 Å². The molecule has 4 nitrogen and oxygen atoms in total. The first kappa shape index (κ1) is 14.1. The summed E-state index contributed by atoms with van der Waals surface area (Å²) in [5.74, 6) is -0.902. The summed E-state index contributed by atoms with van der Waals surface area (Å²) >= 11 is 0. The molecular weight excluding hydrogens is 192 g/mol. The number of rotatable bonds is 8. The van der Waals surface area contributed by atoms with Gasteiger partial charge in [-0.1, -0.05) is 13.5 Å². The van der Waals surface area contributed by atoms with Crippen molar-refractivity contribution in [3.63, 3.8) is 0 Å². The maximum absolute atomic E-state index is 10.6. The van der Waals surface area contributed by atoms with Crippen LogP contribution in [0, 0.1) is 0 Å². The smallest absolute Gasteiger partial charge is 0.332 e. The molecule has 0 aromatic heterocycles. The lowest BCUT2D eigenvalue weighted by molar-refractivity contribution is -0.132. The number of carboxylic acids is 1. The highest BCUT2D eigenvalue weighted by atomic mass is 16.4. The Kier molecular flexibility index (Phi) is 6.99. The van der Waals surface area contributed by atoms with Crippen LogP contribution in [-0.2, 0) is 4.79 Å². The highest BCUT2D eigenvalue weighted by Crippen LogP contribution is 1.99. The van der Waals surface area contributed by atoms with E-state index in [-0.39, 0.29) is 5.57 Å². The van der Waals surface area contributed by atoms with Gasteiger partial charge in [-0.2, -0.15) is 0 Å². The van der Waals surface area contributed by atoms with E-state index >= 15 is 0 Å². The van der Waals surface area contributed by atoms with Crippen LogP contribution >= 0.6 is 0 Å². The van der Waals surface area contributed by atoms with Crippen molar-refractivity contribution in [1.82, 2.24) is 9.80 Å². The minimum atomic E-state index is -0.902. The van der Waals surface area contributed by atoms with Gasteiger partial charge in [-0.25, -0.2) is 4.79 Å². The summed E-state index contributed by atoms with van der Waals surface area (Å²) in [6, 6.07) is 0. The van der Waals surface area contributed by atoms with Crippen LogP contribution in [0.3, 0.4) is 0 Å². The molecule has 4 heteroatoms. The number of hydrogen-bond donors (Lipinski definition) is 1. The highest BCUT2D eigenvalue weighted by molar-refractivity contribution is 5.86. The van der Waals surface area contributed by atoms with Crippen molar-refractivity contribution in [3.8, 4) is 0 Å². The van der Waals surface area contributed by atoms with E-state index < -0.39 is 5.97 Å². The van der Waals surface area contributed by atoms with Crippen LogP contribution in [0.15, 0.2) is 12.2 Å². The fraction of sp³-hybridized carbons (Fsp3) is 0.727. The maximum atomic E-state index is 10.6. The van der Waals surface area contributed by atoms with Crippen molar-refractivity contribution in [2.45, 2.75) is 13.3 Å². The van der Waals surface area contributed by atoms with Crippen LogP contribution in [0.2, 0.25) is 0 Å². The van der Waals surface area contributed by atoms with Crippen molar-refractivity contribution >= 4 is 5.97 Å². The van der Waals surface area contributed by atoms with E-state index in [1.807, 2.05) is 14.1 Å². The molecule has 0 amide bonds. The molecule has 0 unspecified atom stereocenters. The number of aliphatic carboxylic acids is 1. The molecule has 0 spiro atoms. The Morgan fingerprint density at radius 2 is 1.87 bits per heavy atom. The van der Waals surface area contributed by atoms with Gasteiger partial charge in [0.25, 0.3) is 0 Å². The van der Waals surface area contributed by atoms with Crippen LogP contribution in [-0.4, -0.2) is 61.2 Å². The minimum Gasteiger partial charge on any atom is -0.478 e. The summed E-state index contributed by atoms with van der Waals surface area (Å²) in [6.45, 7) is 8.83. The summed E-state index contributed by atoms with van der Waals surface area (Å²) in [4.78, 5) is 14.9. The number of carbonyl (C=O) groups is 1. The molecular formula is C11H22N2O2. The number of carboxylic acid groups (broad SMARTS) is 1. The molecule has 1 N–H and O–H groups in total. The predicted octanol–water partition coefficient (Wildman–Crippen LogP) is 0.901. The molecule has 0 aliphatic heterocycles. The second-order valence-corrected chi connectivity index (χ2v) is 3.99. The summed E-state index contributed by atoms with van der Waals surface area (Å²) in [5, 5.41) is 8.74. The highest BCUT2D eigenvalue weighted by Gasteiger charge is 2.10. The first-order chi connectivity index (χ1) is 6.97. The molecule has 0 radical (unpaired) electrons. The number of hydrogen-bond acceptors (Lipinski definition) is 3. The second-order valence-electron chi connectivity index (χ2n) is 3.99. The van der Waals surface area contributed by atoms with E-state index in [2.05, 4.69) is 23.3 Å². The third kappa shape index (κ3) is 7.11. The molecule has 0 heterocycles. The van der Waals surface area contributed by atoms with E-state index in [0.29, 0.717) is 6.54 Å². The van der Waals surface area contributed by atoms with Gasteiger partial charge in [0.2, 0.25) is 0 Å². The molecule has 0 saturated heterocycles. The number of nitrogens with zero attached hydrogens (tertiary/aromatic N) is 2. The van der Waals surface area contributed by atoms with E-state index in [1.165, 1.54) is 0 Å². The summed E-state index contributed by atoms with van der Waals surface area (Å²) in [5.41, 5.74) is 0.266. The van der Waals surface area contributed by atoms with E-state index in [1.54, 1.807) is 0 Å². The second kappa shape index (κ2) is 7.43. The van der Waals surface area contributed by atoms with Crippen LogP contribution < -0.4 is 0 Å². The SMILES string of the molecule is C=C(CN(CCC)CCN(C)C)C(=O)O. The third-order valence-electron chi connectivity index (χ3n) is 2.12. The fourth-order valence-electron chi connectivity index (χ4n) is 1.27. The van der Waals surface area contributed by atoms with Gasteiger partial charge in [-0.05, 0) is 27.1 Å². The topological polar surface area (TPSA) is 43.8 Å². The zero-order valence-electron chi connectivity index (χ0n) is 9.99. The van der Waals surface area contributed by atoms with Gasteiger partial charge in [0.1, 0.15) is 0 Å². The summed E-state index contributed by atoms with van der Waals surface area (Å²) in [6.07, 6.45) is 1.03. The van der Waals surface area contributed by atoms with Gasteiger partial charge in [0.05, 0.1) is 0 Å². The van der Waals surface area contributed by atoms with Gasteiger partial charge >= 0.3 is 5.97 Å². The zero-order chi connectivity index (χ0) is 11.8. The van der Waals surface area contributed by atoms with Crippen molar-refractivity contribution in [2.75, 3.05) is 40.3 Å². The first-order valence-electron chi connectivity index (χ1n) is 5.25. The van der Waals surface area contributed by atoms with Crippen molar-refractivity contribution < 1.29 is 9.90 Å². The minimum absolute atomic E-state index is 0.266. The quantitative estimate of drug-likeness (QED) is 0.610. The third-order valence-corrected chi connectivity index (χ3v) is 2.12. The van der Waals surface area contributed by atoms with Crippen molar-refractivity contribution in [1.29, 1.82) is 0 Å². The van der Waals surface area contributed by atoms with Gasteiger partial charge in [0, 0.05) is 25.2 Å². The van der Waals surface area contributed by atoms with E-state index in [0.717, 1.165) is 26.1 Å². The average molecular weight is 214 g/mol. The fourth-order valence-corrected chi connectivity index (χ4v) is 1.27. The van der Waals surface area contributed by atoms with Gasteiger partial charge in [-0.3, -0.25) is 4.90 Å².